The lowest BCUT2D eigenvalue weighted by atomic mass is 9.94. The average molecular weight is 259 g/mol. The van der Waals surface area contributed by atoms with E-state index in [-0.39, 0.29) is 17.6 Å². The lowest BCUT2D eigenvalue weighted by molar-refractivity contribution is -0.384. The van der Waals surface area contributed by atoms with Gasteiger partial charge in [0.1, 0.15) is 0 Å². The second kappa shape index (κ2) is 5.32. The van der Waals surface area contributed by atoms with E-state index in [1.54, 1.807) is 12.1 Å². The van der Waals surface area contributed by atoms with Crippen LogP contribution in [0, 0.1) is 10.1 Å². The molecular weight excluding hydrogens is 242 g/mol. The van der Waals surface area contributed by atoms with E-state index in [9.17, 15) is 10.1 Å². The van der Waals surface area contributed by atoms with Crippen LogP contribution in [0.25, 0.3) is 10.9 Å². The van der Waals surface area contributed by atoms with Crippen molar-refractivity contribution in [1.82, 2.24) is 4.98 Å². The van der Waals surface area contributed by atoms with Gasteiger partial charge in [0.05, 0.1) is 10.4 Å². The molecule has 1 aromatic carbocycles. The van der Waals surface area contributed by atoms with Crippen LogP contribution in [0.1, 0.15) is 31.9 Å². The Bertz CT molecular complexity index is 611. The zero-order valence-electron chi connectivity index (χ0n) is 11.0. The fourth-order valence-electron chi connectivity index (χ4n) is 2.30. The normalized spacial score (nSPS) is 14.3. The Morgan fingerprint density at radius 1 is 1.37 bits per heavy atom. The standard InChI is InChI=1S/C14H17N3O2/c1-3-12(9(2)15)14-6-4-10-8-11(17(18)19)5-7-13(10)16-14/h4-9,12H,3,15H2,1-2H3. The Morgan fingerprint density at radius 3 is 2.68 bits per heavy atom. The summed E-state index contributed by atoms with van der Waals surface area (Å²) >= 11 is 0. The molecule has 0 aliphatic carbocycles. The van der Waals surface area contributed by atoms with E-state index in [0.717, 1.165) is 23.0 Å². The van der Waals surface area contributed by atoms with Crippen molar-refractivity contribution < 1.29 is 4.92 Å². The van der Waals surface area contributed by atoms with E-state index in [0.29, 0.717) is 0 Å². The summed E-state index contributed by atoms with van der Waals surface area (Å²) in [6.07, 6.45) is 0.920. The van der Waals surface area contributed by atoms with Gasteiger partial charge in [0, 0.05) is 35.2 Å². The topological polar surface area (TPSA) is 82.0 Å². The SMILES string of the molecule is CCC(c1ccc2cc([N+](=O)[O-])ccc2n1)C(C)N. The number of hydrogen-bond acceptors (Lipinski definition) is 4. The molecule has 5 heteroatoms. The second-order valence-electron chi connectivity index (χ2n) is 4.74. The molecule has 2 rings (SSSR count). The molecule has 1 heterocycles. The van der Waals surface area contributed by atoms with Crippen LogP contribution in [0.15, 0.2) is 30.3 Å². The number of benzene rings is 1. The summed E-state index contributed by atoms with van der Waals surface area (Å²) in [7, 11) is 0. The van der Waals surface area contributed by atoms with Crippen LogP contribution in [0.3, 0.4) is 0 Å². The molecule has 5 nitrogen and oxygen atoms in total. The Labute approximate surface area is 111 Å². The zero-order chi connectivity index (χ0) is 14.0. The van der Waals surface area contributed by atoms with Gasteiger partial charge in [-0.3, -0.25) is 15.1 Å². The first-order valence-electron chi connectivity index (χ1n) is 6.33. The van der Waals surface area contributed by atoms with E-state index in [4.69, 9.17) is 5.73 Å². The molecule has 2 aromatic rings. The highest BCUT2D eigenvalue weighted by Crippen LogP contribution is 2.25. The predicted octanol–water partition coefficient (Wildman–Crippen LogP) is 2.98. The first-order valence-corrected chi connectivity index (χ1v) is 6.33. The number of nitro groups is 1. The van der Waals surface area contributed by atoms with Gasteiger partial charge in [-0.1, -0.05) is 13.0 Å². The Morgan fingerprint density at radius 2 is 2.11 bits per heavy atom. The van der Waals surface area contributed by atoms with Crippen LogP contribution >= 0.6 is 0 Å². The minimum absolute atomic E-state index is 0.0352. The van der Waals surface area contributed by atoms with Crippen molar-refractivity contribution >= 4 is 16.6 Å². The maximum Gasteiger partial charge on any atom is 0.270 e. The summed E-state index contributed by atoms with van der Waals surface area (Å²) in [5, 5.41) is 11.5. The molecule has 2 N–H and O–H groups in total. The number of hydrogen-bond donors (Lipinski definition) is 1. The number of aromatic nitrogens is 1. The van der Waals surface area contributed by atoms with E-state index in [1.807, 2.05) is 19.1 Å². The minimum atomic E-state index is -0.399. The van der Waals surface area contributed by atoms with Gasteiger partial charge < -0.3 is 5.73 Å². The largest absolute Gasteiger partial charge is 0.327 e. The average Bonchev–Trinajstić information content (AvgIpc) is 2.38. The summed E-state index contributed by atoms with van der Waals surface area (Å²) in [4.78, 5) is 14.9. The highest BCUT2D eigenvalue weighted by molar-refractivity contribution is 5.81. The lowest BCUT2D eigenvalue weighted by Gasteiger charge is -2.18. The second-order valence-corrected chi connectivity index (χ2v) is 4.74. The van der Waals surface area contributed by atoms with Crippen molar-refractivity contribution in [2.24, 2.45) is 5.73 Å². The summed E-state index contributed by atoms with van der Waals surface area (Å²) < 4.78 is 0. The molecular formula is C14H17N3O2. The van der Waals surface area contributed by atoms with Gasteiger partial charge in [-0.15, -0.1) is 0 Å². The molecule has 0 spiro atoms. The van der Waals surface area contributed by atoms with Crippen molar-refractivity contribution in [3.63, 3.8) is 0 Å². The van der Waals surface area contributed by atoms with Gasteiger partial charge in [0.2, 0.25) is 0 Å². The molecule has 1 aromatic heterocycles. The van der Waals surface area contributed by atoms with E-state index < -0.39 is 4.92 Å². The van der Waals surface area contributed by atoms with Crippen molar-refractivity contribution in [3.05, 3.63) is 46.1 Å². The fourth-order valence-corrected chi connectivity index (χ4v) is 2.30. The molecule has 0 amide bonds. The molecule has 0 fully saturated rings. The number of non-ortho nitro benzene ring substituents is 1. The van der Waals surface area contributed by atoms with Gasteiger partial charge in [-0.25, -0.2) is 0 Å². The van der Waals surface area contributed by atoms with Crippen LogP contribution in [-0.2, 0) is 0 Å². The van der Waals surface area contributed by atoms with Gasteiger partial charge in [-0.05, 0) is 25.5 Å². The maximum absolute atomic E-state index is 10.7. The Kier molecular flexibility index (Phi) is 3.76. The van der Waals surface area contributed by atoms with Crippen molar-refractivity contribution in [1.29, 1.82) is 0 Å². The number of rotatable bonds is 4. The quantitative estimate of drug-likeness (QED) is 0.676. The van der Waals surface area contributed by atoms with Crippen molar-refractivity contribution in [2.45, 2.75) is 32.2 Å². The lowest BCUT2D eigenvalue weighted by Crippen LogP contribution is -2.24. The molecule has 2 atom stereocenters. The van der Waals surface area contributed by atoms with Gasteiger partial charge in [-0.2, -0.15) is 0 Å². The highest BCUT2D eigenvalue weighted by atomic mass is 16.6. The molecule has 0 aliphatic rings. The van der Waals surface area contributed by atoms with Crippen LogP contribution in [-0.4, -0.2) is 15.9 Å². The molecule has 0 radical (unpaired) electrons. The number of pyridine rings is 1. The molecule has 0 saturated heterocycles. The van der Waals surface area contributed by atoms with Crippen LogP contribution in [0.5, 0.6) is 0 Å². The van der Waals surface area contributed by atoms with Crippen LogP contribution < -0.4 is 5.73 Å². The van der Waals surface area contributed by atoms with Crippen molar-refractivity contribution in [3.8, 4) is 0 Å². The molecule has 2 unspecified atom stereocenters. The van der Waals surface area contributed by atoms with E-state index >= 15 is 0 Å². The number of nitro benzene ring substituents is 1. The first kappa shape index (κ1) is 13.4. The molecule has 0 saturated carbocycles. The smallest absolute Gasteiger partial charge is 0.270 e. The third-order valence-electron chi connectivity index (χ3n) is 3.36. The minimum Gasteiger partial charge on any atom is -0.327 e. The Hall–Kier alpha value is -2.01. The third-order valence-corrected chi connectivity index (χ3v) is 3.36. The first-order chi connectivity index (χ1) is 9.02. The number of nitrogens with two attached hydrogens (primary N) is 1. The number of fused-ring (bicyclic) bond motifs is 1. The fraction of sp³-hybridized carbons (Fsp3) is 0.357. The summed E-state index contributed by atoms with van der Waals surface area (Å²) in [6.45, 7) is 4.05. The maximum atomic E-state index is 10.7. The van der Waals surface area contributed by atoms with Crippen molar-refractivity contribution in [2.75, 3.05) is 0 Å². The monoisotopic (exact) mass is 259 g/mol. The molecule has 0 aliphatic heterocycles. The van der Waals surface area contributed by atoms with Crippen LogP contribution in [0.2, 0.25) is 0 Å². The third kappa shape index (κ3) is 2.71. The van der Waals surface area contributed by atoms with E-state index in [1.165, 1.54) is 6.07 Å². The summed E-state index contributed by atoms with van der Waals surface area (Å²) in [5.41, 5.74) is 7.75. The van der Waals surface area contributed by atoms with Crippen LogP contribution in [0.4, 0.5) is 5.69 Å². The zero-order valence-corrected chi connectivity index (χ0v) is 11.0. The van der Waals surface area contributed by atoms with Gasteiger partial charge >= 0.3 is 0 Å². The van der Waals surface area contributed by atoms with Gasteiger partial charge in [0.15, 0.2) is 0 Å². The molecule has 19 heavy (non-hydrogen) atoms. The number of nitrogens with zero attached hydrogens (tertiary/aromatic N) is 2. The predicted molar refractivity (Wildman–Crippen MR) is 75.1 cm³/mol. The molecule has 0 bridgehead atoms. The Balaban J connectivity index is 2.47. The summed E-state index contributed by atoms with van der Waals surface area (Å²) in [6, 6.07) is 8.52. The summed E-state index contributed by atoms with van der Waals surface area (Å²) in [5.74, 6) is 0.208. The van der Waals surface area contributed by atoms with E-state index in [2.05, 4.69) is 11.9 Å². The van der Waals surface area contributed by atoms with Gasteiger partial charge in [0.25, 0.3) is 5.69 Å². The highest BCUT2D eigenvalue weighted by Gasteiger charge is 2.16. The molecule has 100 valence electrons.